The molecule has 0 unspecified atom stereocenters. The van der Waals surface area contributed by atoms with Crippen LogP contribution in [0.5, 0.6) is 0 Å². The van der Waals surface area contributed by atoms with E-state index in [9.17, 15) is 4.39 Å². The Morgan fingerprint density at radius 1 is 1.26 bits per heavy atom. The van der Waals surface area contributed by atoms with E-state index in [0.29, 0.717) is 13.2 Å². The first-order valence-electron chi connectivity index (χ1n) is 7.26. The number of ether oxygens (including phenoxy) is 1. The first-order valence-corrected chi connectivity index (χ1v) is 7.26. The van der Waals surface area contributed by atoms with E-state index in [1.807, 2.05) is 0 Å². The Kier molecular flexibility index (Phi) is 4.94. The molecule has 3 heteroatoms. The molecule has 0 amide bonds. The summed E-state index contributed by atoms with van der Waals surface area (Å²) in [7, 11) is 0. The van der Waals surface area contributed by atoms with Gasteiger partial charge in [-0.3, -0.25) is 0 Å². The maximum Gasteiger partial charge on any atom is 0.123 e. The highest BCUT2D eigenvalue weighted by atomic mass is 19.1. The van der Waals surface area contributed by atoms with E-state index in [1.54, 1.807) is 12.1 Å². The van der Waals surface area contributed by atoms with E-state index in [2.05, 4.69) is 6.92 Å². The minimum Gasteiger partial charge on any atom is -0.369 e. The van der Waals surface area contributed by atoms with Crippen LogP contribution in [0.15, 0.2) is 24.3 Å². The number of nitrogens with two attached hydrogens (primary N) is 1. The van der Waals surface area contributed by atoms with E-state index in [4.69, 9.17) is 10.5 Å². The van der Waals surface area contributed by atoms with Gasteiger partial charge in [0.25, 0.3) is 0 Å². The smallest absolute Gasteiger partial charge is 0.123 e. The minimum absolute atomic E-state index is 0.167. The summed E-state index contributed by atoms with van der Waals surface area (Å²) < 4.78 is 18.9. The van der Waals surface area contributed by atoms with E-state index >= 15 is 0 Å². The quantitative estimate of drug-likeness (QED) is 0.882. The molecular weight excluding hydrogens is 241 g/mol. The summed E-state index contributed by atoms with van der Waals surface area (Å²) in [4.78, 5) is 0. The normalized spacial score (nSPS) is 27.4. The van der Waals surface area contributed by atoms with Gasteiger partial charge in [-0.1, -0.05) is 25.5 Å². The van der Waals surface area contributed by atoms with Crippen LogP contribution in [-0.4, -0.2) is 12.1 Å². The maximum atomic E-state index is 12.8. The summed E-state index contributed by atoms with van der Waals surface area (Å²) >= 11 is 0. The Hall–Kier alpha value is -0.930. The molecule has 1 aliphatic rings. The molecule has 1 aromatic carbocycles. The molecular formula is C16H24FNO. The van der Waals surface area contributed by atoms with Crippen LogP contribution in [0.2, 0.25) is 0 Å². The average Bonchev–Trinajstić information content (AvgIpc) is 2.47. The monoisotopic (exact) mass is 265 g/mol. The molecule has 19 heavy (non-hydrogen) atoms. The molecule has 2 rings (SSSR count). The maximum absolute atomic E-state index is 12.8. The highest BCUT2D eigenvalue weighted by molar-refractivity contribution is 5.15. The second kappa shape index (κ2) is 6.49. The summed E-state index contributed by atoms with van der Waals surface area (Å²) in [5.41, 5.74) is 6.77. The molecule has 0 spiro atoms. The van der Waals surface area contributed by atoms with Crippen LogP contribution >= 0.6 is 0 Å². The van der Waals surface area contributed by atoms with Crippen LogP contribution in [0.3, 0.4) is 0 Å². The zero-order valence-electron chi connectivity index (χ0n) is 11.7. The molecule has 0 saturated heterocycles. The number of hydrogen-bond donors (Lipinski definition) is 1. The summed E-state index contributed by atoms with van der Waals surface area (Å²) in [6.45, 7) is 3.35. The lowest BCUT2D eigenvalue weighted by Gasteiger charge is -2.39. The fourth-order valence-corrected chi connectivity index (χ4v) is 2.84. The van der Waals surface area contributed by atoms with Crippen LogP contribution in [-0.2, 0) is 11.3 Å². The van der Waals surface area contributed by atoms with E-state index in [-0.39, 0.29) is 11.4 Å². The summed E-state index contributed by atoms with van der Waals surface area (Å²) in [6, 6.07) is 6.50. The second-order valence-corrected chi connectivity index (χ2v) is 5.65. The summed E-state index contributed by atoms with van der Waals surface area (Å²) in [6.07, 6.45) is 5.75. The molecule has 2 nitrogen and oxygen atoms in total. The standard InChI is InChI=1S/C16H24FNO/c1-2-13-7-9-16(12-18,10-8-13)19-11-14-3-5-15(17)6-4-14/h3-6,13H,2,7-12,18H2,1H3. The van der Waals surface area contributed by atoms with Crippen molar-refractivity contribution in [2.75, 3.05) is 6.54 Å². The molecule has 2 N–H and O–H groups in total. The van der Waals surface area contributed by atoms with Gasteiger partial charge < -0.3 is 10.5 Å². The molecule has 1 saturated carbocycles. The number of hydrogen-bond acceptors (Lipinski definition) is 2. The topological polar surface area (TPSA) is 35.2 Å². The Morgan fingerprint density at radius 3 is 2.42 bits per heavy atom. The van der Waals surface area contributed by atoms with Crippen molar-refractivity contribution >= 4 is 0 Å². The van der Waals surface area contributed by atoms with Crippen molar-refractivity contribution in [3.05, 3.63) is 35.6 Å². The minimum atomic E-state index is -0.208. The van der Waals surface area contributed by atoms with E-state index in [0.717, 1.165) is 24.3 Å². The molecule has 0 aromatic heterocycles. The fourth-order valence-electron chi connectivity index (χ4n) is 2.84. The summed E-state index contributed by atoms with van der Waals surface area (Å²) in [5.74, 6) is 0.620. The molecule has 0 radical (unpaired) electrons. The second-order valence-electron chi connectivity index (χ2n) is 5.65. The molecule has 106 valence electrons. The van der Waals surface area contributed by atoms with Crippen molar-refractivity contribution < 1.29 is 9.13 Å². The SMILES string of the molecule is CCC1CCC(CN)(OCc2ccc(F)cc2)CC1. The Labute approximate surface area is 115 Å². The fraction of sp³-hybridized carbons (Fsp3) is 0.625. The van der Waals surface area contributed by atoms with Crippen molar-refractivity contribution in [1.82, 2.24) is 0 Å². The number of rotatable bonds is 5. The lowest BCUT2D eigenvalue weighted by Crippen LogP contribution is -2.43. The summed E-state index contributed by atoms with van der Waals surface area (Å²) in [5, 5.41) is 0. The lowest BCUT2D eigenvalue weighted by atomic mass is 9.77. The van der Waals surface area contributed by atoms with Gasteiger partial charge in [0.1, 0.15) is 5.82 Å². The van der Waals surface area contributed by atoms with Crippen molar-refractivity contribution in [2.24, 2.45) is 11.7 Å². The molecule has 0 atom stereocenters. The van der Waals surface area contributed by atoms with Crippen molar-refractivity contribution in [2.45, 2.75) is 51.2 Å². The van der Waals surface area contributed by atoms with Crippen LogP contribution < -0.4 is 5.73 Å². The van der Waals surface area contributed by atoms with Crippen molar-refractivity contribution in [3.8, 4) is 0 Å². The van der Waals surface area contributed by atoms with Crippen molar-refractivity contribution in [3.63, 3.8) is 0 Å². The van der Waals surface area contributed by atoms with Gasteiger partial charge in [0.05, 0.1) is 12.2 Å². The Bertz CT molecular complexity index is 382. The average molecular weight is 265 g/mol. The first-order chi connectivity index (χ1) is 9.17. The predicted molar refractivity (Wildman–Crippen MR) is 75.2 cm³/mol. The predicted octanol–water partition coefficient (Wildman–Crippen LogP) is 3.64. The van der Waals surface area contributed by atoms with Crippen LogP contribution in [0.4, 0.5) is 4.39 Å². The largest absolute Gasteiger partial charge is 0.369 e. The van der Waals surface area contributed by atoms with Gasteiger partial charge in [0, 0.05) is 6.54 Å². The molecule has 0 bridgehead atoms. The Morgan fingerprint density at radius 2 is 1.89 bits per heavy atom. The van der Waals surface area contributed by atoms with Gasteiger partial charge >= 0.3 is 0 Å². The van der Waals surface area contributed by atoms with Gasteiger partial charge in [-0.15, -0.1) is 0 Å². The first kappa shape index (κ1) is 14.5. The highest BCUT2D eigenvalue weighted by Gasteiger charge is 2.34. The van der Waals surface area contributed by atoms with E-state index in [1.165, 1.54) is 31.4 Å². The Balaban J connectivity index is 1.90. The third kappa shape index (κ3) is 3.77. The molecule has 0 heterocycles. The van der Waals surface area contributed by atoms with Gasteiger partial charge in [0.15, 0.2) is 0 Å². The zero-order valence-corrected chi connectivity index (χ0v) is 11.7. The van der Waals surface area contributed by atoms with Gasteiger partial charge in [0.2, 0.25) is 0 Å². The van der Waals surface area contributed by atoms with Gasteiger partial charge in [-0.2, -0.15) is 0 Å². The highest BCUT2D eigenvalue weighted by Crippen LogP contribution is 2.36. The van der Waals surface area contributed by atoms with Crippen LogP contribution in [0.1, 0.15) is 44.6 Å². The molecule has 1 aliphatic carbocycles. The third-order valence-corrected chi connectivity index (χ3v) is 4.42. The van der Waals surface area contributed by atoms with Crippen LogP contribution in [0.25, 0.3) is 0 Å². The molecule has 0 aliphatic heterocycles. The van der Waals surface area contributed by atoms with E-state index < -0.39 is 0 Å². The number of halogens is 1. The molecule has 1 aromatic rings. The van der Waals surface area contributed by atoms with Crippen LogP contribution in [0, 0.1) is 11.7 Å². The lowest BCUT2D eigenvalue weighted by molar-refractivity contribution is -0.0813. The van der Waals surface area contributed by atoms with Gasteiger partial charge in [-0.05, 0) is 49.3 Å². The van der Waals surface area contributed by atoms with Gasteiger partial charge in [-0.25, -0.2) is 4.39 Å². The number of benzene rings is 1. The zero-order chi connectivity index (χ0) is 13.7. The molecule has 1 fully saturated rings. The third-order valence-electron chi connectivity index (χ3n) is 4.42. The van der Waals surface area contributed by atoms with Crippen molar-refractivity contribution in [1.29, 1.82) is 0 Å².